The summed E-state index contributed by atoms with van der Waals surface area (Å²) in [6.07, 6.45) is 32.9. The van der Waals surface area contributed by atoms with E-state index in [9.17, 15) is 14.4 Å². The van der Waals surface area contributed by atoms with Crippen molar-refractivity contribution < 1.29 is 9.53 Å². The zero-order valence-electron chi connectivity index (χ0n) is 33.7. The van der Waals surface area contributed by atoms with Gasteiger partial charge in [0, 0.05) is 20.0 Å². The van der Waals surface area contributed by atoms with E-state index in [1.807, 2.05) is 0 Å². The minimum atomic E-state index is -0.417. The van der Waals surface area contributed by atoms with Crippen LogP contribution in [0.3, 0.4) is 0 Å². The quantitative estimate of drug-likeness (QED) is 0.0405. The van der Waals surface area contributed by atoms with Crippen molar-refractivity contribution in [3.05, 3.63) is 20.4 Å². The minimum absolute atomic E-state index is 0.00832. The van der Waals surface area contributed by atoms with Gasteiger partial charge in [0.2, 0.25) is 0 Å². The lowest BCUT2D eigenvalue weighted by Gasteiger charge is -2.23. The highest BCUT2D eigenvalue weighted by molar-refractivity contribution is 5.73. The van der Waals surface area contributed by atoms with Crippen molar-refractivity contribution in [2.75, 3.05) is 43.9 Å². The molecule has 0 spiro atoms. The summed E-state index contributed by atoms with van der Waals surface area (Å²) in [6.45, 7) is 12.9. The Morgan fingerprint density at radius 1 is 0.560 bits per heavy atom. The van der Waals surface area contributed by atoms with Crippen molar-refractivity contribution in [1.82, 2.24) is 4.90 Å². The van der Waals surface area contributed by atoms with Crippen LogP contribution >= 0.6 is 0 Å². The molecule has 0 bridgehead atoms. The van der Waals surface area contributed by atoms with Crippen molar-refractivity contribution >= 4 is 17.3 Å². The maximum Gasteiger partial charge on any atom is 0.306 e. The number of carbonyl (C=O) groups excluding carboxylic acids is 1. The maximum absolute atomic E-state index is 12.4. The van der Waals surface area contributed by atoms with Crippen LogP contribution in [0, 0.1) is 5.92 Å². The highest BCUT2D eigenvalue weighted by Crippen LogP contribution is 2.23. The van der Waals surface area contributed by atoms with Gasteiger partial charge in [-0.2, -0.15) is 0 Å². The van der Waals surface area contributed by atoms with Gasteiger partial charge >= 0.3 is 5.97 Å². The van der Waals surface area contributed by atoms with Gasteiger partial charge in [0.15, 0.2) is 0 Å². The van der Waals surface area contributed by atoms with Gasteiger partial charge in [-0.1, -0.05) is 156 Å². The van der Waals surface area contributed by atoms with Gasteiger partial charge < -0.3 is 20.3 Å². The number of hydrogen-bond donors (Lipinski definition) is 2. The fourth-order valence-electron chi connectivity index (χ4n) is 7.23. The zero-order chi connectivity index (χ0) is 36.7. The Balaban J connectivity index is 2.34. The van der Waals surface area contributed by atoms with E-state index in [1.165, 1.54) is 103 Å². The molecule has 0 fully saturated rings. The Labute approximate surface area is 308 Å². The van der Waals surface area contributed by atoms with Crippen LogP contribution in [0.4, 0.5) is 11.4 Å². The van der Waals surface area contributed by atoms with Crippen molar-refractivity contribution in [3.8, 4) is 0 Å². The summed E-state index contributed by atoms with van der Waals surface area (Å²) in [7, 11) is 1.69. The number of unbranched alkanes of at least 4 members (excludes halogenated alkanes) is 14. The summed E-state index contributed by atoms with van der Waals surface area (Å²) in [4.78, 5) is 38.7. The van der Waals surface area contributed by atoms with Crippen molar-refractivity contribution in [3.63, 3.8) is 0 Å². The normalized spacial score (nSPS) is 11.8. The molecule has 0 saturated heterocycles. The van der Waals surface area contributed by atoms with E-state index in [-0.39, 0.29) is 12.1 Å². The van der Waals surface area contributed by atoms with Crippen LogP contribution < -0.4 is 21.5 Å². The van der Waals surface area contributed by atoms with Gasteiger partial charge in [0.05, 0.1) is 0 Å². The predicted octanol–water partition coefficient (Wildman–Crippen LogP) is 11.2. The predicted molar refractivity (Wildman–Crippen MR) is 217 cm³/mol. The molecule has 0 atom stereocenters. The number of ether oxygens (including phenoxy) is 1. The molecule has 1 rings (SSSR count). The second kappa shape index (κ2) is 31.8. The van der Waals surface area contributed by atoms with Crippen LogP contribution in [0.2, 0.25) is 0 Å². The van der Waals surface area contributed by atoms with Crippen LogP contribution in [0.5, 0.6) is 0 Å². The highest BCUT2D eigenvalue weighted by Gasteiger charge is 2.19. The van der Waals surface area contributed by atoms with Crippen LogP contribution in [0.15, 0.2) is 9.59 Å². The first-order chi connectivity index (χ1) is 24.4. The number of nitrogens with zero attached hydrogens (tertiary/aromatic N) is 1. The molecule has 0 aliphatic heterocycles. The molecule has 0 amide bonds. The van der Waals surface area contributed by atoms with Crippen LogP contribution in [0.25, 0.3) is 0 Å². The molecule has 1 aromatic carbocycles. The van der Waals surface area contributed by atoms with E-state index in [0.717, 1.165) is 89.8 Å². The molecule has 7 heteroatoms. The summed E-state index contributed by atoms with van der Waals surface area (Å²) in [5, 5.41) is 6.04. The molecule has 0 aliphatic rings. The van der Waals surface area contributed by atoms with E-state index in [0.29, 0.717) is 24.3 Å². The molecule has 0 heterocycles. The fraction of sp³-hybridized carbons (Fsp3) is 0.884. The third-order valence-corrected chi connectivity index (χ3v) is 10.5. The summed E-state index contributed by atoms with van der Waals surface area (Å²) in [5.74, 6) is 0.952. The molecule has 0 radical (unpaired) electrons. The van der Waals surface area contributed by atoms with E-state index in [4.69, 9.17) is 4.74 Å². The first kappa shape index (κ1) is 46.1. The number of nitrogens with one attached hydrogen (secondary N) is 2. The topological polar surface area (TPSA) is 87.7 Å². The van der Waals surface area contributed by atoms with Gasteiger partial charge in [-0.3, -0.25) is 14.4 Å². The average molecular weight is 704 g/mol. The van der Waals surface area contributed by atoms with E-state index >= 15 is 0 Å². The molecule has 0 aliphatic carbocycles. The average Bonchev–Trinajstić information content (AvgIpc) is 3.12. The molecule has 0 aromatic heterocycles. The molecular formula is C43H81N3O4. The molecular weight excluding hydrogens is 622 g/mol. The zero-order valence-corrected chi connectivity index (χ0v) is 33.7. The third-order valence-electron chi connectivity index (χ3n) is 10.5. The maximum atomic E-state index is 12.4. The van der Waals surface area contributed by atoms with Gasteiger partial charge in [-0.15, -0.1) is 0 Å². The highest BCUT2D eigenvalue weighted by atomic mass is 16.5. The van der Waals surface area contributed by atoms with E-state index in [1.54, 1.807) is 7.05 Å². The molecule has 50 heavy (non-hydrogen) atoms. The molecule has 7 nitrogen and oxygen atoms in total. The summed E-state index contributed by atoms with van der Waals surface area (Å²) in [6, 6.07) is 0. The Kier molecular flexibility index (Phi) is 29.4. The Hall–Kier alpha value is -1.89. The number of anilines is 2. The fourth-order valence-corrected chi connectivity index (χ4v) is 7.23. The van der Waals surface area contributed by atoms with Crippen molar-refractivity contribution in [1.29, 1.82) is 0 Å². The van der Waals surface area contributed by atoms with Gasteiger partial charge in [0.25, 0.3) is 10.9 Å². The monoisotopic (exact) mass is 704 g/mol. The number of hydrogen-bond acceptors (Lipinski definition) is 7. The SMILES string of the molecule is CCCCC(CCCC)CCCCCCCCCN(CCCCCCCC(=O)OC(CCCC)CCCC)CCCNc1c(NC)c(=O)c1=O. The van der Waals surface area contributed by atoms with Crippen molar-refractivity contribution in [2.45, 2.75) is 207 Å². The lowest BCUT2D eigenvalue weighted by molar-refractivity contribution is -0.150. The third kappa shape index (κ3) is 22.1. The molecule has 0 unspecified atom stereocenters. The Morgan fingerprint density at radius 3 is 1.54 bits per heavy atom. The van der Waals surface area contributed by atoms with Crippen molar-refractivity contribution in [2.24, 2.45) is 5.92 Å². The molecule has 2 N–H and O–H groups in total. The molecule has 0 saturated carbocycles. The Morgan fingerprint density at radius 2 is 1.00 bits per heavy atom. The van der Waals surface area contributed by atoms with Gasteiger partial charge in [0.1, 0.15) is 17.5 Å². The smallest absolute Gasteiger partial charge is 0.306 e. The van der Waals surface area contributed by atoms with Gasteiger partial charge in [-0.25, -0.2) is 0 Å². The van der Waals surface area contributed by atoms with E-state index < -0.39 is 10.9 Å². The first-order valence-electron chi connectivity index (χ1n) is 21.6. The van der Waals surface area contributed by atoms with Gasteiger partial charge in [-0.05, 0) is 64.1 Å². The van der Waals surface area contributed by atoms with Crippen LogP contribution in [-0.4, -0.2) is 50.2 Å². The number of rotatable bonds is 37. The second-order valence-electron chi connectivity index (χ2n) is 15.1. The first-order valence-corrected chi connectivity index (χ1v) is 21.6. The van der Waals surface area contributed by atoms with Crippen LogP contribution in [0.1, 0.15) is 201 Å². The number of esters is 1. The Bertz CT molecular complexity index is 989. The largest absolute Gasteiger partial charge is 0.462 e. The minimum Gasteiger partial charge on any atom is -0.462 e. The summed E-state index contributed by atoms with van der Waals surface area (Å²) in [5.41, 5.74) is 0.0448. The summed E-state index contributed by atoms with van der Waals surface area (Å²) < 4.78 is 5.83. The standard InChI is InChI=1S/C43H81N3O4/c1-6-10-27-37(28-11-7-2)29-22-18-15-14-16-20-24-34-46(36-26-33-45-41-40(44-5)42(48)43(41)49)35-25-21-17-19-23-32-39(47)50-38(30-12-8-3)31-13-9-4/h37-38,44-45H,6-36H2,1-5H3. The lowest BCUT2D eigenvalue weighted by atomic mass is 9.90. The second-order valence-corrected chi connectivity index (χ2v) is 15.1. The number of carbonyl (C=O) groups is 1. The lowest BCUT2D eigenvalue weighted by Crippen LogP contribution is -2.37. The molecule has 292 valence electrons. The van der Waals surface area contributed by atoms with E-state index in [2.05, 4.69) is 43.2 Å². The van der Waals surface area contributed by atoms with Crippen LogP contribution in [-0.2, 0) is 9.53 Å². The molecule has 1 aromatic rings. The summed E-state index contributed by atoms with van der Waals surface area (Å²) >= 11 is 0.